The predicted molar refractivity (Wildman–Crippen MR) is 53.2 cm³/mol. The smallest absolute Gasteiger partial charge is 0.151 e. The van der Waals surface area contributed by atoms with Crippen LogP contribution in [0.4, 0.5) is 0 Å². The highest BCUT2D eigenvalue weighted by Gasteiger charge is 1.96. The first-order valence-corrected chi connectivity index (χ1v) is 4.38. The van der Waals surface area contributed by atoms with Crippen LogP contribution in [0.5, 0.6) is 0 Å². The summed E-state index contributed by atoms with van der Waals surface area (Å²) in [6, 6.07) is 5.70. The van der Waals surface area contributed by atoms with Crippen molar-refractivity contribution in [1.82, 2.24) is 9.55 Å². The number of hydrogen-bond donors (Lipinski definition) is 0. The third-order valence-corrected chi connectivity index (χ3v) is 2.00. The molecule has 2 aromatic rings. The molecular weight excluding hydrogens is 176 g/mol. The van der Waals surface area contributed by atoms with E-state index in [0.29, 0.717) is 5.56 Å². The van der Waals surface area contributed by atoms with E-state index in [9.17, 15) is 4.79 Å². The van der Waals surface area contributed by atoms with Gasteiger partial charge in [-0.05, 0) is 17.7 Å². The molecule has 0 bridgehead atoms. The fraction of sp³-hybridized carbons (Fsp3) is 0.0909. The van der Waals surface area contributed by atoms with E-state index < -0.39 is 0 Å². The summed E-state index contributed by atoms with van der Waals surface area (Å²) >= 11 is 0. The minimum absolute atomic E-state index is 0.703. The van der Waals surface area contributed by atoms with Crippen LogP contribution in [-0.4, -0.2) is 15.8 Å². The lowest BCUT2D eigenvalue weighted by Crippen LogP contribution is -1.96. The first kappa shape index (κ1) is 8.69. The molecule has 0 fully saturated rings. The molecular formula is C11H10N2O. The molecule has 14 heavy (non-hydrogen) atoms. The van der Waals surface area contributed by atoms with Crippen molar-refractivity contribution in [2.24, 2.45) is 0 Å². The Bertz CT molecular complexity index is 420. The van der Waals surface area contributed by atoms with Gasteiger partial charge in [-0.1, -0.05) is 6.07 Å². The minimum Gasteiger partial charge on any atom is -0.349 e. The summed E-state index contributed by atoms with van der Waals surface area (Å²) in [7, 11) is 0. The summed E-state index contributed by atoms with van der Waals surface area (Å²) in [5.41, 5.74) is 1.83. The minimum atomic E-state index is 0.703. The summed E-state index contributed by atoms with van der Waals surface area (Å²) in [6.07, 6.45) is 8.12. The van der Waals surface area contributed by atoms with E-state index in [4.69, 9.17) is 0 Å². The molecule has 0 N–H and O–H groups in total. The van der Waals surface area contributed by atoms with Gasteiger partial charge in [0.1, 0.15) is 0 Å². The Morgan fingerprint density at radius 1 is 1.43 bits per heavy atom. The molecule has 2 rings (SSSR count). The van der Waals surface area contributed by atoms with Crippen LogP contribution in [-0.2, 0) is 6.54 Å². The van der Waals surface area contributed by atoms with Crippen LogP contribution < -0.4 is 0 Å². The molecule has 0 spiro atoms. The highest BCUT2D eigenvalue weighted by molar-refractivity contribution is 5.74. The van der Waals surface area contributed by atoms with Gasteiger partial charge < -0.3 is 4.57 Å². The number of pyridine rings is 1. The summed E-state index contributed by atoms with van der Waals surface area (Å²) in [6.45, 7) is 0.752. The van der Waals surface area contributed by atoms with E-state index in [-0.39, 0.29) is 0 Å². The average Bonchev–Trinajstić information content (AvgIpc) is 2.67. The van der Waals surface area contributed by atoms with Crippen molar-refractivity contribution in [2.75, 3.05) is 0 Å². The van der Waals surface area contributed by atoms with Gasteiger partial charge in [0.15, 0.2) is 6.29 Å². The van der Waals surface area contributed by atoms with Gasteiger partial charge in [0.05, 0.1) is 0 Å². The lowest BCUT2D eigenvalue weighted by atomic mass is 10.3. The Morgan fingerprint density at radius 3 is 3.00 bits per heavy atom. The molecule has 0 amide bonds. The quantitative estimate of drug-likeness (QED) is 0.684. The van der Waals surface area contributed by atoms with E-state index >= 15 is 0 Å². The van der Waals surface area contributed by atoms with Crippen LogP contribution in [0.25, 0.3) is 0 Å². The molecule has 0 aliphatic rings. The van der Waals surface area contributed by atoms with Crippen LogP contribution in [0.3, 0.4) is 0 Å². The van der Waals surface area contributed by atoms with E-state index in [2.05, 4.69) is 4.98 Å². The van der Waals surface area contributed by atoms with Crippen LogP contribution >= 0.6 is 0 Å². The van der Waals surface area contributed by atoms with E-state index in [1.54, 1.807) is 12.3 Å². The second kappa shape index (κ2) is 3.87. The number of carbonyl (C=O) groups is 1. The summed E-state index contributed by atoms with van der Waals surface area (Å²) in [4.78, 5) is 14.5. The lowest BCUT2D eigenvalue weighted by Gasteiger charge is -2.01. The van der Waals surface area contributed by atoms with Crippen molar-refractivity contribution in [2.45, 2.75) is 6.54 Å². The molecule has 2 aromatic heterocycles. The highest BCUT2D eigenvalue weighted by Crippen LogP contribution is 2.03. The second-order valence-electron chi connectivity index (χ2n) is 3.10. The molecule has 0 aromatic carbocycles. The van der Waals surface area contributed by atoms with E-state index in [1.165, 1.54) is 0 Å². The Morgan fingerprint density at radius 2 is 2.36 bits per heavy atom. The zero-order valence-corrected chi connectivity index (χ0v) is 7.63. The summed E-state index contributed by atoms with van der Waals surface area (Å²) < 4.78 is 1.96. The van der Waals surface area contributed by atoms with Crippen molar-refractivity contribution in [3.05, 3.63) is 54.1 Å². The molecule has 0 saturated carbocycles. The van der Waals surface area contributed by atoms with Crippen molar-refractivity contribution < 1.29 is 4.79 Å². The Labute approximate surface area is 82.0 Å². The molecule has 0 aliphatic heterocycles. The molecule has 2 heterocycles. The summed E-state index contributed by atoms with van der Waals surface area (Å²) in [5, 5.41) is 0. The number of aldehydes is 1. The SMILES string of the molecule is O=Cc1ccn(Cc2cccnc2)c1. The zero-order chi connectivity index (χ0) is 9.80. The van der Waals surface area contributed by atoms with Crippen molar-refractivity contribution in [3.8, 4) is 0 Å². The zero-order valence-electron chi connectivity index (χ0n) is 7.63. The molecule has 0 unspecified atom stereocenters. The lowest BCUT2D eigenvalue weighted by molar-refractivity contribution is 0.112. The summed E-state index contributed by atoms with van der Waals surface area (Å²) in [5.74, 6) is 0. The number of aromatic nitrogens is 2. The fourth-order valence-corrected chi connectivity index (χ4v) is 1.33. The molecule has 3 heteroatoms. The largest absolute Gasteiger partial charge is 0.349 e. The Balaban J connectivity index is 2.15. The maximum atomic E-state index is 10.4. The highest BCUT2D eigenvalue weighted by atomic mass is 16.1. The van der Waals surface area contributed by atoms with Gasteiger partial charge in [-0.3, -0.25) is 9.78 Å². The van der Waals surface area contributed by atoms with Crippen molar-refractivity contribution in [1.29, 1.82) is 0 Å². The van der Waals surface area contributed by atoms with Gasteiger partial charge in [-0.2, -0.15) is 0 Å². The van der Waals surface area contributed by atoms with Gasteiger partial charge in [-0.25, -0.2) is 0 Å². The average molecular weight is 186 g/mol. The third-order valence-electron chi connectivity index (χ3n) is 2.00. The molecule has 0 atom stereocenters. The number of hydrogen-bond acceptors (Lipinski definition) is 2. The number of carbonyl (C=O) groups excluding carboxylic acids is 1. The predicted octanol–water partition coefficient (Wildman–Crippen LogP) is 1.74. The maximum absolute atomic E-state index is 10.4. The Hall–Kier alpha value is -1.90. The molecule has 70 valence electrons. The number of nitrogens with zero attached hydrogens (tertiary/aromatic N) is 2. The van der Waals surface area contributed by atoms with Crippen LogP contribution in [0.15, 0.2) is 43.0 Å². The van der Waals surface area contributed by atoms with Gasteiger partial charge >= 0.3 is 0 Å². The first-order chi connectivity index (χ1) is 6.88. The molecule has 0 saturated heterocycles. The first-order valence-electron chi connectivity index (χ1n) is 4.38. The van der Waals surface area contributed by atoms with Crippen molar-refractivity contribution in [3.63, 3.8) is 0 Å². The molecule has 3 nitrogen and oxygen atoms in total. The standard InChI is InChI=1S/C11H10N2O/c14-9-11-3-5-13(8-11)7-10-2-1-4-12-6-10/h1-6,8-9H,7H2. The monoisotopic (exact) mass is 186 g/mol. The van der Waals surface area contributed by atoms with Crippen molar-refractivity contribution >= 4 is 6.29 Å². The second-order valence-corrected chi connectivity index (χ2v) is 3.10. The molecule has 0 radical (unpaired) electrons. The maximum Gasteiger partial charge on any atom is 0.151 e. The number of rotatable bonds is 3. The molecule has 0 aliphatic carbocycles. The van der Waals surface area contributed by atoms with Gasteiger partial charge in [0.25, 0.3) is 0 Å². The van der Waals surface area contributed by atoms with Crippen LogP contribution in [0, 0.1) is 0 Å². The van der Waals surface area contributed by atoms with Gasteiger partial charge in [-0.15, -0.1) is 0 Å². The third kappa shape index (κ3) is 1.88. The van der Waals surface area contributed by atoms with E-state index in [1.807, 2.05) is 35.3 Å². The normalized spacial score (nSPS) is 10.0. The van der Waals surface area contributed by atoms with Gasteiger partial charge in [0.2, 0.25) is 0 Å². The topological polar surface area (TPSA) is 34.9 Å². The van der Waals surface area contributed by atoms with Gasteiger partial charge in [0, 0.05) is 36.9 Å². The van der Waals surface area contributed by atoms with Crippen LogP contribution in [0.2, 0.25) is 0 Å². The fourth-order valence-electron chi connectivity index (χ4n) is 1.33. The van der Waals surface area contributed by atoms with Crippen LogP contribution in [0.1, 0.15) is 15.9 Å². The Kier molecular flexibility index (Phi) is 2.40. The van der Waals surface area contributed by atoms with E-state index in [0.717, 1.165) is 18.4 Å².